The Morgan fingerprint density at radius 3 is 2.10 bits per heavy atom. The van der Waals surface area contributed by atoms with E-state index >= 15 is 0 Å². The van der Waals surface area contributed by atoms with E-state index in [-0.39, 0.29) is 5.41 Å². The maximum absolute atomic E-state index is 8.49. The summed E-state index contributed by atoms with van der Waals surface area (Å²) in [5.74, 6) is 0. The van der Waals surface area contributed by atoms with E-state index in [2.05, 4.69) is 27.0 Å². The summed E-state index contributed by atoms with van der Waals surface area (Å²) in [6.07, 6.45) is 7.33. The number of hydrogen-bond donors (Lipinski definition) is 0. The van der Waals surface area contributed by atoms with Crippen LogP contribution in [0.1, 0.15) is 49.1 Å². The van der Waals surface area contributed by atoms with E-state index in [1.807, 2.05) is 23.1 Å². The molecule has 0 saturated carbocycles. The van der Waals surface area contributed by atoms with Gasteiger partial charge in [-0.1, -0.05) is 0 Å². The molecule has 1 heterocycles. The van der Waals surface area contributed by atoms with Crippen molar-refractivity contribution in [1.82, 2.24) is 4.98 Å². The van der Waals surface area contributed by atoms with Crippen molar-refractivity contribution in [2.24, 2.45) is 0 Å². The van der Waals surface area contributed by atoms with Gasteiger partial charge in [-0.3, -0.25) is 0 Å². The molecular weight excluding hydrogens is 334 g/mol. The summed E-state index contributed by atoms with van der Waals surface area (Å²) < 4.78 is 34.0. The number of aromatic nitrogens is 1. The zero-order chi connectivity index (χ0) is 16.3. The molecule has 0 fully saturated rings. The smallest absolute Gasteiger partial charge is 0.222 e. The minimum atomic E-state index is -4.94. The fourth-order valence-electron chi connectivity index (χ4n) is 2.01. The largest absolute Gasteiger partial charge is 0.305 e. The first-order valence-electron chi connectivity index (χ1n) is 6.54. The van der Waals surface area contributed by atoms with Crippen LogP contribution in [-0.4, -0.2) is 11.2 Å². The van der Waals surface area contributed by atoms with Crippen LogP contribution in [0.5, 0.6) is 0 Å². The van der Waals surface area contributed by atoms with Crippen LogP contribution in [0.15, 0.2) is 5.03 Å². The lowest BCUT2D eigenvalue weighted by atomic mass is 9.97. The normalized spacial score (nSPS) is 15.0. The van der Waals surface area contributed by atoms with Crippen LogP contribution < -0.4 is 18.6 Å². The number of fused-ring (bicyclic) bond motifs is 1. The Hall–Kier alpha value is -0.0200. The van der Waals surface area contributed by atoms with Crippen molar-refractivity contribution in [2.75, 3.05) is 6.26 Å². The van der Waals surface area contributed by atoms with E-state index in [4.69, 9.17) is 23.6 Å². The zero-order valence-corrected chi connectivity index (χ0v) is 15.0. The van der Waals surface area contributed by atoms with Gasteiger partial charge >= 0.3 is 5.01 Å². The summed E-state index contributed by atoms with van der Waals surface area (Å²) >= 11 is 3.75. The summed E-state index contributed by atoms with van der Waals surface area (Å²) in [6.45, 7) is 6.77. The second kappa shape index (κ2) is 7.50. The maximum Gasteiger partial charge on any atom is 0.305 e. The summed E-state index contributed by atoms with van der Waals surface area (Å²) in [5, 5.41) is 2.57. The average Bonchev–Trinajstić information content (AvgIpc) is 2.34. The van der Waals surface area contributed by atoms with Gasteiger partial charge in [-0.2, -0.15) is 4.98 Å². The molecule has 0 bridgehead atoms. The standard InChI is InChI=1S/C13H20NS2.ClHO4/c1-13(2,3)12-14-11(15-4)9-7-5-6-8-10(9)16-12;2-1(3,4)5/h5-8H2,1-4H3;(H,2,3,4,5)/q+1;/p-1. The number of hydrogen-bond acceptors (Lipinski definition) is 6. The molecule has 5 nitrogen and oxygen atoms in total. The van der Waals surface area contributed by atoms with Gasteiger partial charge in [0.1, 0.15) is 5.03 Å². The molecule has 21 heavy (non-hydrogen) atoms. The van der Waals surface area contributed by atoms with E-state index in [0.717, 1.165) is 0 Å². The van der Waals surface area contributed by atoms with Crippen molar-refractivity contribution < 1.29 is 28.9 Å². The number of rotatable bonds is 1. The monoisotopic (exact) mass is 353 g/mol. The van der Waals surface area contributed by atoms with Crippen molar-refractivity contribution >= 4 is 23.1 Å². The van der Waals surface area contributed by atoms with Gasteiger partial charge in [-0.25, -0.2) is 18.6 Å². The highest BCUT2D eigenvalue weighted by Gasteiger charge is 2.32. The molecule has 2 rings (SSSR count). The molecule has 1 aromatic heterocycles. The number of halogens is 1. The molecule has 0 spiro atoms. The third-order valence-corrected chi connectivity index (χ3v) is 5.25. The minimum absolute atomic E-state index is 0.182. The third kappa shape index (κ3) is 6.73. The SMILES string of the molecule is CSc1nc(C(C)(C)C)[s+]c2c1CCCC2.[O-][Cl+3]([O-])([O-])[O-]. The zero-order valence-electron chi connectivity index (χ0n) is 12.6. The van der Waals surface area contributed by atoms with Crippen LogP contribution >= 0.6 is 23.1 Å². The van der Waals surface area contributed by atoms with Crippen molar-refractivity contribution in [3.05, 3.63) is 15.4 Å². The molecule has 0 amide bonds. The summed E-state index contributed by atoms with van der Waals surface area (Å²) in [5.41, 5.74) is 1.72. The molecule has 0 radical (unpaired) electrons. The topological polar surface area (TPSA) is 105 Å². The summed E-state index contributed by atoms with van der Waals surface area (Å²) in [6, 6.07) is 0. The highest BCUT2D eigenvalue weighted by Crippen LogP contribution is 2.36. The summed E-state index contributed by atoms with van der Waals surface area (Å²) in [4.78, 5) is 6.45. The van der Waals surface area contributed by atoms with Crippen LogP contribution in [0, 0.1) is 10.2 Å². The molecule has 120 valence electrons. The van der Waals surface area contributed by atoms with Crippen LogP contribution in [-0.2, 0) is 18.3 Å². The lowest BCUT2D eigenvalue weighted by molar-refractivity contribution is -2.00. The van der Waals surface area contributed by atoms with Gasteiger partial charge in [0, 0.05) is 12.0 Å². The van der Waals surface area contributed by atoms with Crippen LogP contribution in [0.2, 0.25) is 0 Å². The van der Waals surface area contributed by atoms with Gasteiger partial charge in [-0.15, -0.1) is 22.0 Å². The van der Waals surface area contributed by atoms with E-state index in [1.54, 1.807) is 4.88 Å². The molecule has 1 aliphatic rings. The fraction of sp³-hybridized carbons (Fsp3) is 0.692. The Kier molecular flexibility index (Phi) is 6.80. The average molecular weight is 354 g/mol. The Morgan fingerprint density at radius 2 is 1.62 bits per heavy atom. The van der Waals surface area contributed by atoms with Gasteiger partial charge < -0.3 is 0 Å². The molecule has 0 aliphatic heterocycles. The van der Waals surface area contributed by atoms with E-state index < -0.39 is 10.2 Å². The predicted molar refractivity (Wildman–Crippen MR) is 73.6 cm³/mol. The third-order valence-electron chi connectivity index (χ3n) is 2.93. The number of thioether (sulfide) groups is 1. The first-order chi connectivity index (χ1) is 9.52. The fourth-order valence-corrected chi connectivity index (χ4v) is 4.03. The Bertz CT molecular complexity index is 463. The van der Waals surface area contributed by atoms with Gasteiger partial charge in [0.2, 0.25) is 16.2 Å². The highest BCUT2D eigenvalue weighted by molar-refractivity contribution is 7.98. The second-order valence-corrected chi connectivity index (χ2v) is 8.40. The molecule has 8 heteroatoms. The molecular formula is C13H20ClNO4S2. The quantitative estimate of drug-likeness (QED) is 0.501. The molecule has 0 saturated heterocycles. The van der Waals surface area contributed by atoms with Crippen LogP contribution in [0.3, 0.4) is 0 Å². The molecule has 1 aliphatic carbocycles. The Labute approximate surface area is 135 Å². The van der Waals surface area contributed by atoms with E-state index in [1.165, 1.54) is 41.3 Å². The van der Waals surface area contributed by atoms with Crippen LogP contribution in [0.25, 0.3) is 0 Å². The summed E-state index contributed by atoms with van der Waals surface area (Å²) in [7, 11) is -4.94. The van der Waals surface area contributed by atoms with Gasteiger partial charge in [0.05, 0.1) is 5.41 Å². The second-order valence-electron chi connectivity index (χ2n) is 5.77. The lowest BCUT2D eigenvalue weighted by Gasteiger charge is -2.17. The van der Waals surface area contributed by atoms with Crippen molar-refractivity contribution in [2.45, 2.75) is 56.9 Å². The minimum Gasteiger partial charge on any atom is -0.222 e. The Balaban J connectivity index is 0.000000383. The molecule has 0 atom stereocenters. The van der Waals surface area contributed by atoms with Gasteiger partial charge in [0.25, 0.3) is 0 Å². The van der Waals surface area contributed by atoms with Gasteiger partial charge in [-0.05, 0) is 46.3 Å². The van der Waals surface area contributed by atoms with Gasteiger partial charge in [0.15, 0.2) is 0 Å². The van der Waals surface area contributed by atoms with Crippen molar-refractivity contribution in [3.63, 3.8) is 0 Å². The molecule has 0 aromatic carbocycles. The highest BCUT2D eigenvalue weighted by atomic mass is 35.7. The predicted octanol–water partition coefficient (Wildman–Crippen LogP) is -0.434. The maximum atomic E-state index is 8.49. The van der Waals surface area contributed by atoms with Crippen molar-refractivity contribution in [3.8, 4) is 0 Å². The van der Waals surface area contributed by atoms with E-state index in [9.17, 15) is 0 Å². The van der Waals surface area contributed by atoms with Crippen LogP contribution in [0.4, 0.5) is 0 Å². The number of nitrogens with zero attached hydrogens (tertiary/aromatic N) is 1. The molecule has 0 N–H and O–H groups in total. The lowest BCUT2D eigenvalue weighted by Crippen LogP contribution is -2.68. The Morgan fingerprint density at radius 1 is 1.10 bits per heavy atom. The van der Waals surface area contributed by atoms with Crippen molar-refractivity contribution in [1.29, 1.82) is 0 Å². The number of aryl methyl sites for hydroxylation is 1. The first-order valence-corrected chi connectivity index (χ1v) is 9.82. The first kappa shape index (κ1) is 19.0. The van der Waals surface area contributed by atoms with E-state index in [0.29, 0.717) is 0 Å². The molecule has 1 aromatic rings. The molecule has 0 unspecified atom stereocenters.